The van der Waals surface area contributed by atoms with Crippen LogP contribution in [0.2, 0.25) is 0 Å². The highest BCUT2D eigenvalue weighted by Gasteiger charge is 2.35. The Labute approximate surface area is 230 Å². The molecule has 0 fully saturated rings. The molecule has 1 aromatic carbocycles. The van der Waals surface area contributed by atoms with Gasteiger partial charge in [-0.15, -0.1) is 0 Å². The van der Waals surface area contributed by atoms with E-state index in [0.29, 0.717) is 19.0 Å². The Bertz CT molecular complexity index is 1340. The number of fused-ring (bicyclic) bond motifs is 1. The fourth-order valence-corrected chi connectivity index (χ4v) is 3.76. The number of unbranched alkanes of at least 4 members (excludes halogenated alkanes) is 2. The van der Waals surface area contributed by atoms with E-state index >= 15 is 0 Å². The van der Waals surface area contributed by atoms with Crippen molar-refractivity contribution in [1.82, 2.24) is 15.3 Å². The summed E-state index contributed by atoms with van der Waals surface area (Å²) in [4.78, 5) is 10.5. The van der Waals surface area contributed by atoms with E-state index in [1.165, 1.54) is 19.0 Å². The Morgan fingerprint density at radius 1 is 1.20 bits per heavy atom. The molecule has 40 heavy (non-hydrogen) atoms. The summed E-state index contributed by atoms with van der Waals surface area (Å²) >= 11 is 0. The SMILES string of the molecule is CC1(C)CN=C(Nc2cc(F)c(Oc3ccnc4[nH]cc(C(F)(F)F)c34)c(F)c2)NC1.CCCCC=C(N)CC. The summed E-state index contributed by atoms with van der Waals surface area (Å²) in [6, 6.07) is 3.06. The summed E-state index contributed by atoms with van der Waals surface area (Å²) in [7, 11) is 0. The maximum absolute atomic E-state index is 14.6. The minimum atomic E-state index is -4.70. The van der Waals surface area contributed by atoms with Crippen molar-refractivity contribution in [1.29, 1.82) is 0 Å². The first-order chi connectivity index (χ1) is 18.8. The van der Waals surface area contributed by atoms with Crippen LogP contribution in [0, 0.1) is 17.0 Å². The number of nitrogens with zero attached hydrogens (tertiary/aromatic N) is 2. The Morgan fingerprint density at radius 2 is 1.90 bits per heavy atom. The smallest absolute Gasteiger partial charge is 0.418 e. The van der Waals surface area contributed by atoms with E-state index in [-0.39, 0.29) is 22.5 Å². The van der Waals surface area contributed by atoms with Gasteiger partial charge in [-0.1, -0.05) is 46.6 Å². The molecule has 0 aliphatic carbocycles. The average Bonchev–Trinajstić information content (AvgIpc) is 3.34. The number of ether oxygens (including phenoxy) is 1. The van der Waals surface area contributed by atoms with Gasteiger partial charge < -0.3 is 26.1 Å². The molecule has 3 aromatic rings. The van der Waals surface area contributed by atoms with E-state index in [2.05, 4.69) is 45.5 Å². The molecule has 7 nitrogen and oxygen atoms in total. The van der Waals surface area contributed by atoms with Gasteiger partial charge in [-0.25, -0.2) is 13.8 Å². The van der Waals surface area contributed by atoms with Crippen molar-refractivity contribution in [3.63, 3.8) is 0 Å². The number of halogens is 5. The van der Waals surface area contributed by atoms with Crippen molar-refractivity contribution in [2.24, 2.45) is 16.1 Å². The van der Waals surface area contributed by atoms with E-state index in [1.807, 2.05) is 13.8 Å². The summed E-state index contributed by atoms with van der Waals surface area (Å²) in [5.41, 5.74) is 5.48. The monoisotopic (exact) mass is 566 g/mol. The van der Waals surface area contributed by atoms with Gasteiger partial charge >= 0.3 is 6.18 Å². The number of nitrogens with two attached hydrogens (primary N) is 1. The maximum atomic E-state index is 14.6. The number of pyridine rings is 1. The van der Waals surface area contributed by atoms with Crippen molar-refractivity contribution in [2.75, 3.05) is 18.4 Å². The van der Waals surface area contributed by atoms with Crippen molar-refractivity contribution in [3.8, 4) is 11.5 Å². The van der Waals surface area contributed by atoms with Gasteiger partial charge in [0.25, 0.3) is 0 Å². The van der Waals surface area contributed by atoms with E-state index in [0.717, 1.165) is 42.9 Å². The molecule has 2 aromatic heterocycles. The zero-order chi connectivity index (χ0) is 29.5. The number of aromatic nitrogens is 2. The minimum absolute atomic E-state index is 0.0389. The number of hydrogen-bond donors (Lipinski definition) is 4. The number of anilines is 1. The molecule has 1 aliphatic rings. The van der Waals surface area contributed by atoms with Crippen molar-refractivity contribution >= 4 is 22.7 Å². The van der Waals surface area contributed by atoms with Crippen LogP contribution in [0.25, 0.3) is 11.0 Å². The number of allylic oxidation sites excluding steroid dienone is 2. The number of aliphatic imine (C=N–C) groups is 1. The average molecular weight is 567 g/mol. The van der Waals surface area contributed by atoms with Crippen molar-refractivity contribution < 1.29 is 26.7 Å². The van der Waals surface area contributed by atoms with Gasteiger partial charge in [-0.2, -0.15) is 13.2 Å². The topological polar surface area (TPSA) is 100 Å². The molecule has 3 heterocycles. The van der Waals surface area contributed by atoms with Crippen LogP contribution in [-0.4, -0.2) is 29.0 Å². The van der Waals surface area contributed by atoms with Crippen LogP contribution < -0.4 is 21.1 Å². The standard InChI is InChI=1S/C20H18F5N5O.C8H17N/c1-19(2)8-28-18(29-9-19)30-10-5-12(21)16(13(22)6-10)31-14-3-4-26-17-15(14)11(7-27-17)20(23,24)25;1-3-5-6-7-8(9)4-2/h3-7H,8-9H2,1-2H3,(H,26,27)(H2,28,29,30);7H,3-6,9H2,1-2H3. The lowest BCUT2D eigenvalue weighted by molar-refractivity contribution is -0.136. The summed E-state index contributed by atoms with van der Waals surface area (Å²) in [6.45, 7) is 9.48. The molecular formula is C28H35F5N6O. The molecular weight excluding hydrogens is 531 g/mol. The van der Waals surface area contributed by atoms with Crippen LogP contribution in [-0.2, 0) is 6.18 Å². The zero-order valence-corrected chi connectivity index (χ0v) is 23.0. The van der Waals surface area contributed by atoms with Gasteiger partial charge in [0.15, 0.2) is 23.3 Å². The van der Waals surface area contributed by atoms with Crippen LogP contribution in [0.3, 0.4) is 0 Å². The maximum Gasteiger partial charge on any atom is 0.418 e. The summed E-state index contributed by atoms with van der Waals surface area (Å²) in [5.74, 6) is -3.02. The predicted molar refractivity (Wildman–Crippen MR) is 147 cm³/mol. The zero-order valence-electron chi connectivity index (χ0n) is 23.0. The first kappa shape index (κ1) is 30.7. The summed E-state index contributed by atoms with van der Waals surface area (Å²) in [5, 5.41) is 5.40. The Morgan fingerprint density at radius 3 is 2.48 bits per heavy atom. The fourth-order valence-electron chi connectivity index (χ4n) is 3.76. The third-order valence-electron chi connectivity index (χ3n) is 6.09. The van der Waals surface area contributed by atoms with Gasteiger partial charge in [-0.05, 0) is 18.9 Å². The van der Waals surface area contributed by atoms with E-state index in [9.17, 15) is 22.0 Å². The van der Waals surface area contributed by atoms with E-state index in [1.54, 1.807) is 0 Å². The van der Waals surface area contributed by atoms with Crippen LogP contribution in [0.5, 0.6) is 11.5 Å². The molecule has 218 valence electrons. The van der Waals surface area contributed by atoms with Crippen molar-refractivity contribution in [2.45, 2.75) is 59.6 Å². The number of rotatable bonds is 7. The third-order valence-corrected chi connectivity index (χ3v) is 6.09. The first-order valence-corrected chi connectivity index (χ1v) is 13.0. The minimum Gasteiger partial charge on any atom is -0.450 e. The van der Waals surface area contributed by atoms with Gasteiger partial charge in [-0.3, -0.25) is 4.99 Å². The second kappa shape index (κ2) is 13.0. The molecule has 0 unspecified atom stereocenters. The van der Waals surface area contributed by atoms with Gasteiger partial charge in [0, 0.05) is 54.4 Å². The molecule has 0 amide bonds. The molecule has 0 spiro atoms. The molecule has 1 aliphatic heterocycles. The predicted octanol–water partition coefficient (Wildman–Crippen LogP) is 7.48. The molecule has 5 N–H and O–H groups in total. The number of guanidine groups is 1. The highest BCUT2D eigenvalue weighted by molar-refractivity contribution is 5.94. The molecule has 0 atom stereocenters. The van der Waals surface area contributed by atoms with Crippen LogP contribution >= 0.6 is 0 Å². The normalized spacial score (nSPS) is 15.1. The lowest BCUT2D eigenvalue weighted by Gasteiger charge is -2.29. The number of hydrogen-bond acceptors (Lipinski definition) is 6. The Balaban J connectivity index is 0.000000424. The quantitative estimate of drug-likeness (QED) is 0.176. The van der Waals surface area contributed by atoms with Gasteiger partial charge in [0.2, 0.25) is 0 Å². The van der Waals surface area contributed by atoms with E-state index in [4.69, 9.17) is 10.5 Å². The number of aromatic amines is 1. The first-order valence-electron chi connectivity index (χ1n) is 13.0. The fraction of sp³-hybridized carbons (Fsp3) is 0.429. The molecule has 4 rings (SSSR count). The highest BCUT2D eigenvalue weighted by Crippen LogP contribution is 2.41. The van der Waals surface area contributed by atoms with E-state index < -0.39 is 34.5 Å². The second-order valence-electron chi connectivity index (χ2n) is 10.2. The van der Waals surface area contributed by atoms with Crippen molar-refractivity contribution in [3.05, 3.63) is 59.6 Å². The summed E-state index contributed by atoms with van der Waals surface area (Å²) in [6.07, 6.45) is 3.99. The van der Waals surface area contributed by atoms with Gasteiger partial charge in [0.05, 0.1) is 10.9 Å². The van der Waals surface area contributed by atoms with Gasteiger partial charge in [0.1, 0.15) is 11.4 Å². The van der Waals surface area contributed by atoms with Crippen LogP contribution in [0.15, 0.2) is 47.4 Å². The number of H-pyrrole nitrogens is 1. The third kappa shape index (κ3) is 8.09. The molecule has 0 bridgehead atoms. The lowest BCUT2D eigenvalue weighted by Crippen LogP contribution is -2.44. The Kier molecular flexibility index (Phi) is 9.99. The number of alkyl halides is 3. The van der Waals surface area contributed by atoms with Crippen LogP contribution in [0.1, 0.15) is 58.9 Å². The largest absolute Gasteiger partial charge is 0.450 e. The molecule has 0 radical (unpaired) electrons. The molecule has 12 heteroatoms. The highest BCUT2D eigenvalue weighted by atomic mass is 19.4. The van der Waals surface area contributed by atoms with Crippen LogP contribution in [0.4, 0.5) is 27.6 Å². The molecule has 0 saturated carbocycles. The number of benzene rings is 1. The number of nitrogens with one attached hydrogen (secondary N) is 3. The summed E-state index contributed by atoms with van der Waals surface area (Å²) < 4.78 is 74.3. The lowest BCUT2D eigenvalue weighted by atomic mass is 9.93. The Hall–Kier alpha value is -3.83. The molecule has 0 saturated heterocycles. The second-order valence-corrected chi connectivity index (χ2v) is 10.2.